The van der Waals surface area contributed by atoms with Crippen molar-refractivity contribution in [1.29, 1.82) is 0 Å². The van der Waals surface area contributed by atoms with Crippen LogP contribution in [0.4, 0.5) is 0 Å². The Bertz CT molecular complexity index is 736. The van der Waals surface area contributed by atoms with Crippen LogP contribution in [-0.2, 0) is 13.7 Å². The van der Waals surface area contributed by atoms with Crippen molar-refractivity contribution in [2.75, 3.05) is 6.54 Å². The number of halogens is 1. The highest BCUT2D eigenvalue weighted by Crippen LogP contribution is 2.25. The van der Waals surface area contributed by atoms with E-state index in [4.69, 9.17) is 28.9 Å². The summed E-state index contributed by atoms with van der Waals surface area (Å²) in [5.41, 5.74) is 0.933. The van der Waals surface area contributed by atoms with Gasteiger partial charge in [-0.05, 0) is 50.0 Å². The van der Waals surface area contributed by atoms with E-state index in [1.807, 2.05) is 40.6 Å². The first-order chi connectivity index (χ1) is 11.1. The number of benzene rings is 1. The minimum Gasteiger partial charge on any atom is -0.314 e. The molecule has 0 saturated carbocycles. The summed E-state index contributed by atoms with van der Waals surface area (Å²) >= 11 is 11.9. The number of nitrogens with zero attached hydrogens (tertiary/aromatic N) is 3. The van der Waals surface area contributed by atoms with E-state index in [0.717, 1.165) is 28.9 Å². The molecule has 1 aliphatic heterocycles. The molecular weight excluding hydrogens is 328 g/mol. The summed E-state index contributed by atoms with van der Waals surface area (Å²) in [7, 11) is 1.97. The van der Waals surface area contributed by atoms with Crippen molar-refractivity contribution in [2.24, 2.45) is 7.05 Å². The van der Waals surface area contributed by atoms with Crippen LogP contribution < -0.4 is 4.90 Å². The van der Waals surface area contributed by atoms with E-state index in [9.17, 15) is 0 Å². The first kappa shape index (κ1) is 16.7. The van der Waals surface area contributed by atoms with E-state index in [-0.39, 0.29) is 0 Å². The zero-order chi connectivity index (χ0) is 16.4. The Morgan fingerprint density at radius 1 is 1.35 bits per heavy atom. The lowest BCUT2D eigenvalue weighted by molar-refractivity contribution is -0.953. The smallest absolute Gasteiger partial charge is 0.202 e. The lowest BCUT2D eigenvalue weighted by Crippen LogP contribution is -3.15. The minimum absolute atomic E-state index is 0.708. The standard InChI is InChI=1S/C17H23ClN4S/c1-3-13-8-6-7-11-21(13)12-22-17(23)20(2)16(19-22)14-9-4-5-10-15(14)18/h4-5,9-10,13H,3,6-8,11-12H2,1-2H3/p+1/t13-/m1/s1. The molecule has 6 heteroatoms. The van der Waals surface area contributed by atoms with Gasteiger partial charge in [-0.3, -0.25) is 0 Å². The molecule has 1 fully saturated rings. The lowest BCUT2D eigenvalue weighted by Gasteiger charge is -2.31. The second-order valence-corrected chi connectivity index (χ2v) is 7.08. The molecule has 0 aliphatic carbocycles. The molecule has 124 valence electrons. The number of likely N-dealkylation sites (tertiary alicyclic amines) is 1. The molecule has 0 bridgehead atoms. The molecule has 4 nitrogen and oxygen atoms in total. The molecular formula is C17H24ClN4S+. The van der Waals surface area contributed by atoms with Gasteiger partial charge in [-0.25, -0.2) is 0 Å². The van der Waals surface area contributed by atoms with Crippen molar-refractivity contribution in [2.45, 2.75) is 45.3 Å². The van der Waals surface area contributed by atoms with Gasteiger partial charge in [-0.2, -0.15) is 4.68 Å². The normalized spacial score (nSPS) is 21.5. The minimum atomic E-state index is 0.708. The molecule has 2 heterocycles. The Kier molecular flexibility index (Phi) is 5.19. The molecule has 1 aromatic carbocycles. The number of piperidine rings is 1. The van der Waals surface area contributed by atoms with Gasteiger partial charge in [0, 0.05) is 12.6 Å². The predicted octanol–water partition coefficient (Wildman–Crippen LogP) is 3.08. The van der Waals surface area contributed by atoms with Crippen LogP contribution in [0.2, 0.25) is 5.02 Å². The van der Waals surface area contributed by atoms with Crippen molar-refractivity contribution in [3.05, 3.63) is 34.1 Å². The summed E-state index contributed by atoms with van der Waals surface area (Å²) in [6.07, 6.45) is 5.17. The Morgan fingerprint density at radius 2 is 2.13 bits per heavy atom. The Labute approximate surface area is 147 Å². The van der Waals surface area contributed by atoms with Crippen molar-refractivity contribution >= 4 is 23.8 Å². The number of hydrogen-bond acceptors (Lipinski definition) is 2. The Balaban J connectivity index is 1.91. The molecule has 0 radical (unpaired) electrons. The molecule has 2 aromatic rings. The topological polar surface area (TPSA) is 27.2 Å². The van der Waals surface area contributed by atoms with Gasteiger partial charge in [0.25, 0.3) is 0 Å². The average Bonchev–Trinajstić information content (AvgIpc) is 2.84. The third-order valence-corrected chi connectivity index (χ3v) is 5.69. The summed E-state index contributed by atoms with van der Waals surface area (Å²) < 4.78 is 4.69. The molecule has 1 unspecified atom stereocenters. The van der Waals surface area contributed by atoms with Gasteiger partial charge in [-0.15, -0.1) is 5.10 Å². The van der Waals surface area contributed by atoms with Crippen molar-refractivity contribution < 1.29 is 4.90 Å². The van der Waals surface area contributed by atoms with Gasteiger partial charge in [0.1, 0.15) is 0 Å². The summed E-state index contributed by atoms with van der Waals surface area (Å²) in [6.45, 7) is 4.33. The van der Waals surface area contributed by atoms with E-state index < -0.39 is 0 Å². The van der Waals surface area contributed by atoms with Gasteiger partial charge >= 0.3 is 0 Å². The number of nitrogens with one attached hydrogen (secondary N) is 1. The van der Waals surface area contributed by atoms with Crippen LogP contribution in [0.5, 0.6) is 0 Å². The van der Waals surface area contributed by atoms with Crippen LogP contribution in [0.1, 0.15) is 32.6 Å². The maximum absolute atomic E-state index is 6.33. The third kappa shape index (κ3) is 3.37. The van der Waals surface area contributed by atoms with Crippen molar-refractivity contribution in [3.8, 4) is 11.4 Å². The van der Waals surface area contributed by atoms with Gasteiger partial charge in [0.05, 0.1) is 17.6 Å². The quantitative estimate of drug-likeness (QED) is 0.857. The van der Waals surface area contributed by atoms with E-state index in [0.29, 0.717) is 5.02 Å². The molecule has 2 atom stereocenters. The monoisotopic (exact) mass is 351 g/mol. The van der Waals surface area contributed by atoms with E-state index in [1.54, 1.807) is 4.90 Å². The van der Waals surface area contributed by atoms with Gasteiger partial charge in [0.2, 0.25) is 4.77 Å². The molecule has 0 amide bonds. The average molecular weight is 352 g/mol. The zero-order valence-corrected chi connectivity index (χ0v) is 15.3. The molecule has 1 saturated heterocycles. The molecule has 1 N–H and O–H groups in total. The summed E-state index contributed by atoms with van der Waals surface area (Å²) in [5.74, 6) is 0.838. The van der Waals surface area contributed by atoms with Crippen LogP contribution in [0, 0.1) is 4.77 Å². The number of rotatable bonds is 4. The molecule has 1 aromatic heterocycles. The largest absolute Gasteiger partial charge is 0.314 e. The summed E-state index contributed by atoms with van der Waals surface area (Å²) in [6, 6.07) is 8.51. The Hall–Kier alpha value is -1.17. The zero-order valence-electron chi connectivity index (χ0n) is 13.8. The fraction of sp³-hybridized carbons (Fsp3) is 0.529. The van der Waals surface area contributed by atoms with Gasteiger partial charge in [0.15, 0.2) is 12.5 Å². The van der Waals surface area contributed by atoms with E-state index in [1.165, 1.54) is 32.2 Å². The summed E-state index contributed by atoms with van der Waals surface area (Å²) in [5, 5.41) is 5.48. The van der Waals surface area contributed by atoms with Crippen LogP contribution in [0.3, 0.4) is 0 Å². The fourth-order valence-corrected chi connectivity index (χ4v) is 3.92. The first-order valence-corrected chi connectivity index (χ1v) is 9.13. The van der Waals surface area contributed by atoms with Crippen molar-refractivity contribution in [3.63, 3.8) is 0 Å². The third-order valence-electron chi connectivity index (χ3n) is 4.88. The number of quaternary nitrogens is 1. The van der Waals surface area contributed by atoms with Crippen LogP contribution in [0.25, 0.3) is 11.4 Å². The van der Waals surface area contributed by atoms with E-state index >= 15 is 0 Å². The lowest BCUT2D eigenvalue weighted by atomic mass is 10.0. The van der Waals surface area contributed by atoms with Crippen LogP contribution in [-0.4, -0.2) is 26.9 Å². The fourth-order valence-electron chi connectivity index (χ4n) is 3.51. The van der Waals surface area contributed by atoms with Gasteiger partial charge in [-0.1, -0.05) is 30.7 Å². The highest BCUT2D eigenvalue weighted by molar-refractivity contribution is 7.71. The summed E-state index contributed by atoms with van der Waals surface area (Å²) in [4.78, 5) is 1.60. The number of aromatic nitrogens is 3. The predicted molar refractivity (Wildman–Crippen MR) is 96.2 cm³/mol. The SMILES string of the molecule is CC[C@@H]1CCCC[NH+]1Cn1nc(-c2ccccc2Cl)n(C)c1=S. The molecule has 1 aliphatic rings. The Morgan fingerprint density at radius 3 is 2.87 bits per heavy atom. The van der Waals surface area contributed by atoms with Crippen molar-refractivity contribution in [1.82, 2.24) is 14.3 Å². The second kappa shape index (κ2) is 7.16. The first-order valence-electron chi connectivity index (χ1n) is 8.35. The second-order valence-electron chi connectivity index (χ2n) is 6.31. The highest BCUT2D eigenvalue weighted by Gasteiger charge is 2.25. The molecule has 0 spiro atoms. The maximum atomic E-state index is 6.33. The molecule has 3 rings (SSSR count). The van der Waals surface area contributed by atoms with E-state index in [2.05, 4.69) is 6.92 Å². The van der Waals surface area contributed by atoms with Crippen LogP contribution >= 0.6 is 23.8 Å². The van der Waals surface area contributed by atoms with Gasteiger partial charge < -0.3 is 9.47 Å². The maximum Gasteiger partial charge on any atom is 0.202 e. The molecule has 23 heavy (non-hydrogen) atoms. The highest BCUT2D eigenvalue weighted by atomic mass is 35.5. The van der Waals surface area contributed by atoms with Crippen LogP contribution in [0.15, 0.2) is 24.3 Å². The number of hydrogen-bond donors (Lipinski definition) is 1.